The molecule has 1 aromatic carbocycles. The molecule has 5 heteroatoms. The Hall–Kier alpha value is -2.14. The number of nitrogens with one attached hydrogen (secondary N) is 1. The van der Waals surface area contributed by atoms with Gasteiger partial charge in [-0.05, 0) is 49.0 Å². The topological polar surface area (TPSA) is 51.2 Å². The standard InChI is InChI=1S/C18H20N2O2S/c1-12-6-8-15-16(10-12)23-18(19-15)20-17(21)9-7-13-4-3-5-14(11-13)22-2/h3-5,7,9,11-12H,6,8,10H2,1-2H3,(H,19,20,21)/b9-7+/t12-/m1/s1. The maximum atomic E-state index is 12.1. The first-order valence-electron chi connectivity index (χ1n) is 7.75. The van der Waals surface area contributed by atoms with Gasteiger partial charge in [0.25, 0.3) is 0 Å². The molecule has 0 bridgehead atoms. The third-order valence-corrected chi connectivity index (χ3v) is 4.97. The maximum absolute atomic E-state index is 12.1. The molecule has 0 aliphatic heterocycles. The van der Waals surface area contributed by atoms with Crippen molar-refractivity contribution < 1.29 is 9.53 Å². The van der Waals surface area contributed by atoms with Gasteiger partial charge in [-0.3, -0.25) is 10.1 Å². The number of hydrogen-bond donors (Lipinski definition) is 1. The van der Waals surface area contributed by atoms with Crippen LogP contribution in [-0.4, -0.2) is 18.0 Å². The fourth-order valence-corrected chi connectivity index (χ4v) is 3.83. The molecule has 1 aliphatic carbocycles. The highest BCUT2D eigenvalue weighted by Gasteiger charge is 2.20. The number of hydrogen-bond acceptors (Lipinski definition) is 4. The van der Waals surface area contributed by atoms with Gasteiger partial charge in [0.1, 0.15) is 5.75 Å². The predicted molar refractivity (Wildman–Crippen MR) is 94.0 cm³/mol. The Kier molecular flexibility index (Phi) is 4.76. The van der Waals surface area contributed by atoms with Crippen molar-refractivity contribution in [2.75, 3.05) is 12.4 Å². The van der Waals surface area contributed by atoms with Crippen molar-refractivity contribution in [3.05, 3.63) is 46.5 Å². The Labute approximate surface area is 140 Å². The van der Waals surface area contributed by atoms with Crippen LogP contribution >= 0.6 is 11.3 Å². The van der Waals surface area contributed by atoms with E-state index in [0.717, 1.165) is 29.8 Å². The third-order valence-electron chi connectivity index (χ3n) is 3.94. The van der Waals surface area contributed by atoms with Crippen LogP contribution in [0.2, 0.25) is 0 Å². The molecule has 0 fully saturated rings. The van der Waals surface area contributed by atoms with Gasteiger partial charge in [0.2, 0.25) is 5.91 Å². The van der Waals surface area contributed by atoms with E-state index in [2.05, 4.69) is 17.2 Å². The summed E-state index contributed by atoms with van der Waals surface area (Å²) in [5.74, 6) is 1.32. The van der Waals surface area contributed by atoms with E-state index in [0.29, 0.717) is 11.0 Å². The van der Waals surface area contributed by atoms with E-state index in [1.165, 1.54) is 17.4 Å². The highest BCUT2D eigenvalue weighted by atomic mass is 32.1. The molecule has 0 unspecified atom stereocenters. The minimum absolute atomic E-state index is 0.160. The molecular formula is C18H20N2O2S. The molecule has 23 heavy (non-hydrogen) atoms. The summed E-state index contributed by atoms with van der Waals surface area (Å²) in [4.78, 5) is 17.9. The lowest BCUT2D eigenvalue weighted by Gasteiger charge is -2.15. The number of carbonyl (C=O) groups is 1. The van der Waals surface area contributed by atoms with Crippen LogP contribution < -0.4 is 10.1 Å². The van der Waals surface area contributed by atoms with E-state index in [4.69, 9.17) is 4.74 Å². The lowest BCUT2D eigenvalue weighted by Crippen LogP contribution is -2.09. The van der Waals surface area contributed by atoms with Gasteiger partial charge in [-0.15, -0.1) is 11.3 Å². The molecule has 1 atom stereocenters. The van der Waals surface area contributed by atoms with Crippen LogP contribution in [-0.2, 0) is 17.6 Å². The Morgan fingerprint density at radius 3 is 3.17 bits per heavy atom. The number of nitrogens with zero attached hydrogens (tertiary/aromatic N) is 1. The second-order valence-corrected chi connectivity index (χ2v) is 6.92. The number of ether oxygens (including phenoxy) is 1. The molecule has 120 valence electrons. The van der Waals surface area contributed by atoms with Crippen molar-refractivity contribution in [3.8, 4) is 5.75 Å². The molecule has 3 rings (SSSR count). The number of fused-ring (bicyclic) bond motifs is 1. The van der Waals surface area contributed by atoms with Crippen LogP contribution in [0.4, 0.5) is 5.13 Å². The Balaban J connectivity index is 1.64. The number of amides is 1. The molecule has 1 heterocycles. The molecule has 1 amide bonds. The molecule has 0 saturated heterocycles. The summed E-state index contributed by atoms with van der Waals surface area (Å²) in [7, 11) is 1.63. The number of aromatic nitrogens is 1. The van der Waals surface area contributed by atoms with Crippen molar-refractivity contribution in [1.29, 1.82) is 0 Å². The molecule has 0 radical (unpaired) electrons. The number of benzene rings is 1. The van der Waals surface area contributed by atoms with E-state index >= 15 is 0 Å². The van der Waals surface area contributed by atoms with Crippen molar-refractivity contribution in [2.45, 2.75) is 26.2 Å². The molecular weight excluding hydrogens is 308 g/mol. The summed E-state index contributed by atoms with van der Waals surface area (Å²) in [6.45, 7) is 2.26. The van der Waals surface area contributed by atoms with E-state index < -0.39 is 0 Å². The van der Waals surface area contributed by atoms with Crippen LogP contribution in [0.3, 0.4) is 0 Å². The average molecular weight is 328 g/mol. The zero-order valence-corrected chi connectivity index (χ0v) is 14.2. The van der Waals surface area contributed by atoms with E-state index in [-0.39, 0.29) is 5.91 Å². The SMILES string of the molecule is COc1cccc(/C=C/C(=O)Nc2nc3c(s2)C[C@H](C)CC3)c1. The highest BCUT2D eigenvalue weighted by molar-refractivity contribution is 7.15. The van der Waals surface area contributed by atoms with Crippen molar-refractivity contribution >= 4 is 28.5 Å². The Bertz CT molecular complexity index is 736. The smallest absolute Gasteiger partial charge is 0.250 e. The highest BCUT2D eigenvalue weighted by Crippen LogP contribution is 2.32. The molecule has 1 aliphatic rings. The lowest BCUT2D eigenvalue weighted by atomic mass is 9.93. The minimum atomic E-state index is -0.160. The number of methoxy groups -OCH3 is 1. The molecule has 2 aromatic rings. The predicted octanol–water partition coefficient (Wildman–Crippen LogP) is 3.93. The van der Waals surface area contributed by atoms with Crippen LogP contribution in [0.5, 0.6) is 5.75 Å². The Morgan fingerprint density at radius 2 is 2.35 bits per heavy atom. The Morgan fingerprint density at radius 1 is 1.48 bits per heavy atom. The summed E-state index contributed by atoms with van der Waals surface area (Å²) in [6.07, 6.45) is 6.57. The van der Waals surface area contributed by atoms with E-state index in [1.54, 1.807) is 24.5 Å². The van der Waals surface area contributed by atoms with Crippen LogP contribution in [0.25, 0.3) is 6.08 Å². The lowest BCUT2D eigenvalue weighted by molar-refractivity contribution is -0.111. The quantitative estimate of drug-likeness (QED) is 0.865. The molecule has 1 aromatic heterocycles. The third kappa shape index (κ3) is 3.99. The molecule has 0 spiro atoms. The molecule has 1 N–H and O–H groups in total. The monoisotopic (exact) mass is 328 g/mol. The first-order chi connectivity index (χ1) is 11.1. The number of anilines is 1. The van der Waals surface area contributed by atoms with Gasteiger partial charge in [-0.25, -0.2) is 4.98 Å². The van der Waals surface area contributed by atoms with Crippen LogP contribution in [0, 0.1) is 5.92 Å². The number of carbonyl (C=O) groups excluding carboxylic acids is 1. The summed E-state index contributed by atoms with van der Waals surface area (Å²) >= 11 is 1.60. The van der Waals surface area contributed by atoms with E-state index in [9.17, 15) is 4.79 Å². The van der Waals surface area contributed by atoms with Gasteiger partial charge in [0.05, 0.1) is 12.8 Å². The molecule has 0 saturated carbocycles. The first kappa shape index (κ1) is 15.7. The zero-order chi connectivity index (χ0) is 16.2. The minimum Gasteiger partial charge on any atom is -0.497 e. The fraction of sp³-hybridized carbons (Fsp3) is 0.333. The number of thiazole rings is 1. The van der Waals surface area contributed by atoms with Crippen molar-refractivity contribution in [3.63, 3.8) is 0 Å². The van der Waals surface area contributed by atoms with Crippen molar-refractivity contribution in [1.82, 2.24) is 4.98 Å². The van der Waals surface area contributed by atoms with Gasteiger partial charge >= 0.3 is 0 Å². The second-order valence-electron chi connectivity index (χ2n) is 5.84. The number of aryl methyl sites for hydroxylation is 1. The van der Waals surface area contributed by atoms with E-state index in [1.807, 2.05) is 24.3 Å². The van der Waals surface area contributed by atoms with Crippen LogP contribution in [0.15, 0.2) is 30.3 Å². The summed E-state index contributed by atoms with van der Waals surface area (Å²) in [5.41, 5.74) is 2.08. The van der Waals surface area contributed by atoms with Gasteiger partial charge in [-0.1, -0.05) is 19.1 Å². The van der Waals surface area contributed by atoms with Crippen LogP contribution in [0.1, 0.15) is 29.5 Å². The first-order valence-corrected chi connectivity index (χ1v) is 8.57. The van der Waals surface area contributed by atoms with Gasteiger partial charge in [0, 0.05) is 11.0 Å². The number of rotatable bonds is 4. The summed E-state index contributed by atoms with van der Waals surface area (Å²) in [5, 5.41) is 3.56. The summed E-state index contributed by atoms with van der Waals surface area (Å²) in [6, 6.07) is 7.58. The average Bonchev–Trinajstić information content (AvgIpc) is 2.94. The summed E-state index contributed by atoms with van der Waals surface area (Å²) < 4.78 is 5.17. The maximum Gasteiger partial charge on any atom is 0.250 e. The van der Waals surface area contributed by atoms with Gasteiger partial charge < -0.3 is 4.74 Å². The van der Waals surface area contributed by atoms with Gasteiger partial charge in [0.15, 0.2) is 5.13 Å². The second kappa shape index (κ2) is 6.96. The van der Waals surface area contributed by atoms with Crippen molar-refractivity contribution in [2.24, 2.45) is 5.92 Å². The zero-order valence-electron chi connectivity index (χ0n) is 13.3. The fourth-order valence-electron chi connectivity index (χ4n) is 2.66. The largest absolute Gasteiger partial charge is 0.497 e. The normalized spacial score (nSPS) is 17.0. The van der Waals surface area contributed by atoms with Gasteiger partial charge in [-0.2, -0.15) is 0 Å². The molecule has 4 nitrogen and oxygen atoms in total.